The summed E-state index contributed by atoms with van der Waals surface area (Å²) in [5.41, 5.74) is 6.31. The van der Waals surface area contributed by atoms with E-state index >= 15 is 0 Å². The number of hydrogen-bond donors (Lipinski definition) is 1. The number of rotatable bonds is 9. The molecular formula is C34H29N5O3S. The molecule has 1 atom stereocenters. The Morgan fingerprint density at radius 3 is 2.49 bits per heavy atom. The molecule has 0 fully saturated rings. The quantitative estimate of drug-likeness (QED) is 0.139. The summed E-state index contributed by atoms with van der Waals surface area (Å²) in [5, 5.41) is 25.6. The van der Waals surface area contributed by atoms with Crippen molar-refractivity contribution in [3.8, 4) is 17.5 Å². The Kier molecular flexibility index (Phi) is 7.77. The van der Waals surface area contributed by atoms with Crippen LogP contribution in [0.2, 0.25) is 0 Å². The monoisotopic (exact) mass is 587 g/mol. The molecule has 5 aromatic rings. The molecule has 2 aromatic heterocycles. The summed E-state index contributed by atoms with van der Waals surface area (Å²) in [4.78, 5) is 19.9. The maximum absolute atomic E-state index is 11.3. The predicted octanol–water partition coefficient (Wildman–Crippen LogP) is 7.75. The average molecular weight is 588 g/mol. The largest absolute Gasteiger partial charge is 0.477 e. The van der Waals surface area contributed by atoms with Gasteiger partial charge < -0.3 is 14.4 Å². The second kappa shape index (κ2) is 12.0. The molecule has 0 saturated heterocycles. The summed E-state index contributed by atoms with van der Waals surface area (Å²) in [5.74, 6) is -0.671. The molecule has 0 radical (unpaired) electrons. The van der Waals surface area contributed by atoms with Crippen LogP contribution in [-0.2, 0) is 4.79 Å². The van der Waals surface area contributed by atoms with Crippen LogP contribution < -0.4 is 9.91 Å². The zero-order valence-corrected chi connectivity index (χ0v) is 24.6. The maximum atomic E-state index is 11.3. The van der Waals surface area contributed by atoms with Crippen molar-refractivity contribution >= 4 is 51.6 Å². The van der Waals surface area contributed by atoms with Crippen molar-refractivity contribution in [1.82, 2.24) is 4.98 Å². The van der Waals surface area contributed by atoms with Crippen molar-refractivity contribution in [3.05, 3.63) is 106 Å². The van der Waals surface area contributed by atoms with Crippen molar-refractivity contribution in [2.75, 3.05) is 23.0 Å². The van der Waals surface area contributed by atoms with Crippen LogP contribution in [0.5, 0.6) is 0 Å². The topological polar surface area (TPSA) is 106 Å². The molecule has 0 saturated carbocycles. The molecule has 9 heteroatoms. The highest BCUT2D eigenvalue weighted by Gasteiger charge is 2.31. The Bertz CT molecular complexity index is 1840. The summed E-state index contributed by atoms with van der Waals surface area (Å²) in [6.45, 7) is 6.19. The highest BCUT2D eigenvalue weighted by Crippen LogP contribution is 2.39. The number of aromatic nitrogens is 1. The summed E-state index contributed by atoms with van der Waals surface area (Å²) in [6, 6.07) is 29.9. The van der Waals surface area contributed by atoms with Gasteiger partial charge in [0.25, 0.3) is 0 Å². The van der Waals surface area contributed by atoms with Crippen LogP contribution in [0, 0.1) is 11.3 Å². The fraction of sp³-hybridized carbons (Fsp3) is 0.176. The molecule has 43 heavy (non-hydrogen) atoms. The van der Waals surface area contributed by atoms with Crippen LogP contribution in [-0.4, -0.2) is 34.9 Å². The standard InChI is InChI=1S/C34H29N5O3S/c1-3-38(4-2)25-13-9-22(10-14-25)30-20-29(32-18-17-27(43-32)19-24(21-35)34(40)41)37-39(30)26-15-11-23(12-16-26)33-36-28-7-5-6-8-31(28)42-33/h5-19,30H,3-4,20H2,1-2H3,(H,40,41)/b24-19+. The second-order valence-electron chi connectivity index (χ2n) is 10.1. The summed E-state index contributed by atoms with van der Waals surface area (Å²) < 4.78 is 5.97. The molecule has 0 bridgehead atoms. The van der Waals surface area contributed by atoms with Gasteiger partial charge in [0.2, 0.25) is 5.89 Å². The molecule has 6 rings (SSSR count). The van der Waals surface area contributed by atoms with E-state index in [4.69, 9.17) is 9.52 Å². The number of fused-ring (bicyclic) bond motifs is 1. The SMILES string of the molecule is CCN(CC)c1ccc(C2CC(c3ccc(/C=C(\C#N)C(=O)O)s3)=NN2c2ccc(-c3nc4ccccc4o3)cc2)cc1. The van der Waals surface area contributed by atoms with Crippen molar-refractivity contribution in [2.24, 2.45) is 5.10 Å². The summed E-state index contributed by atoms with van der Waals surface area (Å²) >= 11 is 1.42. The van der Waals surface area contributed by atoms with Crippen LogP contribution in [0.15, 0.2) is 100 Å². The number of nitriles is 1. The number of aliphatic carboxylic acids is 1. The van der Waals surface area contributed by atoms with E-state index < -0.39 is 5.97 Å². The molecule has 214 valence electrons. The minimum absolute atomic E-state index is 0.0364. The van der Waals surface area contributed by atoms with E-state index in [2.05, 4.69) is 48.0 Å². The highest BCUT2D eigenvalue weighted by atomic mass is 32.1. The fourth-order valence-corrected chi connectivity index (χ4v) is 6.22. The van der Waals surface area contributed by atoms with Gasteiger partial charge in [-0.25, -0.2) is 9.78 Å². The first-order valence-corrected chi connectivity index (χ1v) is 14.9. The van der Waals surface area contributed by atoms with E-state index in [1.54, 1.807) is 6.07 Å². The number of hydrazone groups is 1. The van der Waals surface area contributed by atoms with Gasteiger partial charge in [0.05, 0.1) is 22.3 Å². The zero-order valence-electron chi connectivity index (χ0n) is 23.8. The number of para-hydroxylation sites is 2. The number of nitrogens with zero attached hydrogens (tertiary/aromatic N) is 5. The second-order valence-corrected chi connectivity index (χ2v) is 11.2. The molecule has 1 aliphatic heterocycles. The Hall–Kier alpha value is -5.20. The van der Waals surface area contributed by atoms with Crippen molar-refractivity contribution in [3.63, 3.8) is 0 Å². The number of thiophene rings is 1. The molecule has 3 heterocycles. The minimum atomic E-state index is -1.24. The Labute approximate surface area is 253 Å². The third-order valence-corrected chi connectivity index (χ3v) is 8.62. The van der Waals surface area contributed by atoms with E-state index in [-0.39, 0.29) is 11.6 Å². The summed E-state index contributed by atoms with van der Waals surface area (Å²) in [6.07, 6.45) is 2.07. The van der Waals surface area contributed by atoms with E-state index in [1.807, 2.05) is 65.7 Å². The van der Waals surface area contributed by atoms with Crippen LogP contribution >= 0.6 is 11.3 Å². The lowest BCUT2D eigenvalue weighted by Crippen LogP contribution is -2.22. The van der Waals surface area contributed by atoms with E-state index in [1.165, 1.54) is 23.1 Å². The van der Waals surface area contributed by atoms with Gasteiger partial charge in [-0.2, -0.15) is 10.4 Å². The van der Waals surface area contributed by atoms with E-state index in [9.17, 15) is 15.2 Å². The van der Waals surface area contributed by atoms with Gasteiger partial charge in [-0.15, -0.1) is 11.3 Å². The predicted molar refractivity (Wildman–Crippen MR) is 171 cm³/mol. The van der Waals surface area contributed by atoms with Gasteiger partial charge >= 0.3 is 5.97 Å². The van der Waals surface area contributed by atoms with Crippen LogP contribution in [0.4, 0.5) is 11.4 Å². The highest BCUT2D eigenvalue weighted by molar-refractivity contribution is 7.15. The van der Waals surface area contributed by atoms with Crippen LogP contribution in [0.3, 0.4) is 0 Å². The van der Waals surface area contributed by atoms with Gasteiger partial charge in [0, 0.05) is 35.6 Å². The molecule has 8 nitrogen and oxygen atoms in total. The molecule has 1 N–H and O–H groups in total. The lowest BCUT2D eigenvalue weighted by Gasteiger charge is -2.25. The first kappa shape index (κ1) is 27.9. The van der Waals surface area contributed by atoms with Crippen molar-refractivity contribution in [1.29, 1.82) is 5.26 Å². The third-order valence-electron chi connectivity index (χ3n) is 7.54. The molecule has 3 aromatic carbocycles. The number of carboxylic acid groups (broad SMARTS) is 1. The van der Waals surface area contributed by atoms with Gasteiger partial charge in [0.15, 0.2) is 5.58 Å². The Balaban J connectivity index is 1.34. The minimum Gasteiger partial charge on any atom is -0.477 e. The van der Waals surface area contributed by atoms with Crippen LogP contribution in [0.25, 0.3) is 28.6 Å². The van der Waals surface area contributed by atoms with Gasteiger partial charge in [-0.05, 0) is 86.2 Å². The maximum Gasteiger partial charge on any atom is 0.346 e. The zero-order chi connectivity index (χ0) is 29.9. The normalized spacial score (nSPS) is 15.0. The smallest absolute Gasteiger partial charge is 0.346 e. The van der Waals surface area contributed by atoms with E-state index in [0.717, 1.165) is 51.6 Å². The van der Waals surface area contributed by atoms with Crippen LogP contribution in [0.1, 0.15) is 41.6 Å². The number of benzene rings is 3. The Morgan fingerprint density at radius 1 is 1.07 bits per heavy atom. The van der Waals surface area contributed by atoms with E-state index in [0.29, 0.717) is 17.2 Å². The molecule has 0 aliphatic carbocycles. The summed E-state index contributed by atoms with van der Waals surface area (Å²) in [7, 11) is 0. The first-order valence-electron chi connectivity index (χ1n) is 14.1. The molecule has 0 amide bonds. The fourth-order valence-electron chi connectivity index (χ4n) is 5.27. The lowest BCUT2D eigenvalue weighted by molar-refractivity contribution is -0.132. The molecule has 1 unspecified atom stereocenters. The Morgan fingerprint density at radius 2 is 1.81 bits per heavy atom. The van der Waals surface area contributed by atoms with Crippen molar-refractivity contribution in [2.45, 2.75) is 26.3 Å². The van der Waals surface area contributed by atoms with Crippen molar-refractivity contribution < 1.29 is 14.3 Å². The number of hydrogen-bond acceptors (Lipinski definition) is 8. The molecular weight excluding hydrogens is 558 g/mol. The average Bonchev–Trinajstić information content (AvgIpc) is 3.79. The number of oxazole rings is 1. The first-order chi connectivity index (χ1) is 21.0. The number of carbonyl (C=O) groups is 1. The third kappa shape index (κ3) is 5.65. The number of carboxylic acids is 1. The molecule has 1 aliphatic rings. The van der Waals surface area contributed by atoms with Gasteiger partial charge in [-0.3, -0.25) is 5.01 Å². The number of anilines is 2. The van der Waals surface area contributed by atoms with Gasteiger partial charge in [0.1, 0.15) is 17.2 Å². The molecule has 0 spiro atoms. The lowest BCUT2D eigenvalue weighted by atomic mass is 10.00. The van der Waals surface area contributed by atoms with Gasteiger partial charge in [-0.1, -0.05) is 24.3 Å².